The van der Waals surface area contributed by atoms with E-state index in [4.69, 9.17) is 0 Å². The molecule has 1 aromatic carbocycles. The fourth-order valence-electron chi connectivity index (χ4n) is 2.50. The first kappa shape index (κ1) is 15.5. The first-order valence-corrected chi connectivity index (χ1v) is 8.03. The first-order valence-electron chi connectivity index (χ1n) is 7.05. The second-order valence-corrected chi connectivity index (χ2v) is 6.26. The van der Waals surface area contributed by atoms with Crippen molar-refractivity contribution in [2.75, 3.05) is 5.75 Å². The molecule has 120 valence electrons. The highest BCUT2D eigenvalue weighted by molar-refractivity contribution is 7.99. The zero-order valence-electron chi connectivity index (χ0n) is 12.0. The minimum absolute atomic E-state index is 0.204. The molecule has 6 nitrogen and oxygen atoms in total. The van der Waals surface area contributed by atoms with Gasteiger partial charge in [0.15, 0.2) is 0 Å². The summed E-state index contributed by atoms with van der Waals surface area (Å²) in [4.78, 5) is 37.4. The van der Waals surface area contributed by atoms with Crippen LogP contribution in [0.1, 0.15) is 18.0 Å². The maximum atomic E-state index is 13.8. The summed E-state index contributed by atoms with van der Waals surface area (Å²) in [5.41, 5.74) is -0.401. The van der Waals surface area contributed by atoms with Crippen molar-refractivity contribution < 1.29 is 9.18 Å². The lowest BCUT2D eigenvalue weighted by atomic mass is 10.0. The predicted octanol–water partition coefficient (Wildman–Crippen LogP) is 1.03. The molecular formula is C15H14FN3O3S. The third-order valence-corrected chi connectivity index (χ3v) is 4.73. The highest BCUT2D eigenvalue weighted by atomic mass is 32.2. The number of halogens is 1. The summed E-state index contributed by atoms with van der Waals surface area (Å²) in [5, 5.41) is 2.82. The number of benzene rings is 1. The molecule has 2 N–H and O–H groups in total. The largest absolute Gasteiger partial charge is 0.348 e. The van der Waals surface area contributed by atoms with Crippen LogP contribution < -0.4 is 16.6 Å². The Bertz CT molecular complexity index is 862. The molecule has 1 amide bonds. The third kappa shape index (κ3) is 3.37. The van der Waals surface area contributed by atoms with Crippen molar-refractivity contribution in [2.45, 2.75) is 23.9 Å². The summed E-state index contributed by atoms with van der Waals surface area (Å²) < 4.78 is 14.9. The molecule has 2 aromatic rings. The van der Waals surface area contributed by atoms with Gasteiger partial charge < -0.3 is 5.32 Å². The van der Waals surface area contributed by atoms with Gasteiger partial charge in [0, 0.05) is 22.9 Å². The van der Waals surface area contributed by atoms with E-state index in [2.05, 4.69) is 10.3 Å². The molecule has 0 unspecified atom stereocenters. The smallest absolute Gasteiger partial charge is 0.328 e. The third-order valence-electron chi connectivity index (χ3n) is 3.57. The molecule has 0 spiro atoms. The van der Waals surface area contributed by atoms with Crippen molar-refractivity contribution in [3.8, 4) is 0 Å². The second-order valence-electron chi connectivity index (χ2n) is 5.15. The maximum absolute atomic E-state index is 13.8. The van der Waals surface area contributed by atoms with Crippen LogP contribution in [0.5, 0.6) is 0 Å². The van der Waals surface area contributed by atoms with Crippen LogP contribution in [0.2, 0.25) is 0 Å². The van der Waals surface area contributed by atoms with Crippen molar-refractivity contribution >= 4 is 17.7 Å². The molecule has 1 aliphatic rings. The number of amides is 1. The van der Waals surface area contributed by atoms with Gasteiger partial charge in [-0.3, -0.25) is 19.1 Å². The van der Waals surface area contributed by atoms with Gasteiger partial charge in [0.25, 0.3) is 5.56 Å². The molecular weight excluding hydrogens is 321 g/mol. The van der Waals surface area contributed by atoms with Gasteiger partial charge in [-0.25, -0.2) is 9.18 Å². The van der Waals surface area contributed by atoms with E-state index in [9.17, 15) is 18.8 Å². The number of aromatic nitrogens is 2. The van der Waals surface area contributed by atoms with E-state index in [0.29, 0.717) is 17.1 Å². The zero-order chi connectivity index (χ0) is 16.4. The number of aromatic amines is 1. The number of nitrogens with one attached hydrogen (secondary N) is 2. The molecule has 3 rings (SSSR count). The van der Waals surface area contributed by atoms with E-state index in [1.54, 1.807) is 12.1 Å². The van der Waals surface area contributed by atoms with E-state index in [0.717, 1.165) is 10.1 Å². The maximum Gasteiger partial charge on any atom is 0.328 e. The molecule has 0 bridgehead atoms. The van der Waals surface area contributed by atoms with Crippen LogP contribution in [0.4, 0.5) is 4.39 Å². The van der Waals surface area contributed by atoms with Gasteiger partial charge in [-0.15, -0.1) is 11.8 Å². The highest BCUT2D eigenvalue weighted by Crippen LogP contribution is 2.37. The lowest BCUT2D eigenvalue weighted by Gasteiger charge is -2.26. The Hall–Kier alpha value is -2.35. The minimum atomic E-state index is -0.640. The van der Waals surface area contributed by atoms with Gasteiger partial charge in [0.2, 0.25) is 5.91 Å². The van der Waals surface area contributed by atoms with Gasteiger partial charge >= 0.3 is 5.69 Å². The molecule has 1 aromatic heterocycles. The van der Waals surface area contributed by atoms with Crippen molar-refractivity contribution in [1.82, 2.24) is 14.9 Å². The van der Waals surface area contributed by atoms with E-state index >= 15 is 0 Å². The molecule has 1 atom stereocenters. The summed E-state index contributed by atoms with van der Waals surface area (Å²) in [7, 11) is 0. The van der Waals surface area contributed by atoms with Crippen molar-refractivity contribution in [1.29, 1.82) is 0 Å². The van der Waals surface area contributed by atoms with Gasteiger partial charge in [-0.2, -0.15) is 0 Å². The van der Waals surface area contributed by atoms with Crippen molar-refractivity contribution in [2.24, 2.45) is 0 Å². The van der Waals surface area contributed by atoms with E-state index in [-0.39, 0.29) is 24.3 Å². The number of hydrogen-bond donors (Lipinski definition) is 2. The van der Waals surface area contributed by atoms with Gasteiger partial charge in [0.1, 0.15) is 12.4 Å². The minimum Gasteiger partial charge on any atom is -0.348 e. The van der Waals surface area contributed by atoms with Crippen LogP contribution >= 0.6 is 11.8 Å². The number of fused-ring (bicyclic) bond motifs is 1. The van der Waals surface area contributed by atoms with Crippen LogP contribution in [-0.2, 0) is 11.3 Å². The van der Waals surface area contributed by atoms with Crippen LogP contribution in [0, 0.1) is 5.82 Å². The fraction of sp³-hybridized carbons (Fsp3) is 0.267. The average molecular weight is 335 g/mol. The Labute approximate surface area is 134 Å². The molecule has 8 heteroatoms. The van der Waals surface area contributed by atoms with E-state index in [1.165, 1.54) is 30.1 Å². The SMILES string of the molecule is O=C(Cn1ccc(=O)[nH]c1=O)N[C@H]1CCSc2c(F)cccc21. The Morgan fingerprint density at radius 1 is 1.39 bits per heavy atom. The normalized spacial score (nSPS) is 16.7. The summed E-state index contributed by atoms with van der Waals surface area (Å²) in [6.45, 7) is -0.204. The predicted molar refractivity (Wildman–Crippen MR) is 83.9 cm³/mol. The summed E-state index contributed by atoms with van der Waals surface area (Å²) >= 11 is 1.43. The first-order chi connectivity index (χ1) is 11.0. The van der Waals surface area contributed by atoms with Gasteiger partial charge in [-0.05, 0) is 18.1 Å². The molecule has 0 saturated carbocycles. The molecule has 23 heavy (non-hydrogen) atoms. The second kappa shape index (κ2) is 6.41. The number of hydrogen-bond acceptors (Lipinski definition) is 4. The van der Waals surface area contributed by atoms with Crippen molar-refractivity contribution in [3.05, 3.63) is 62.7 Å². The lowest BCUT2D eigenvalue weighted by molar-refractivity contribution is -0.122. The standard InChI is InChI=1S/C15H14FN3O3S/c16-10-3-1-2-9-11(5-7-23-14(9)10)17-13(21)8-19-6-4-12(20)18-15(19)22/h1-4,6,11H,5,7-8H2,(H,17,21)(H,18,20,22)/t11-/m0/s1. The molecule has 1 aliphatic heterocycles. The number of carbonyl (C=O) groups excluding carboxylic acids is 1. The van der Waals surface area contributed by atoms with Crippen LogP contribution in [0.3, 0.4) is 0 Å². The quantitative estimate of drug-likeness (QED) is 0.877. The number of carbonyl (C=O) groups is 1. The van der Waals surface area contributed by atoms with Gasteiger partial charge in [-0.1, -0.05) is 12.1 Å². The Kier molecular flexibility index (Phi) is 4.33. The molecule has 0 radical (unpaired) electrons. The molecule has 2 heterocycles. The Morgan fingerprint density at radius 3 is 3.00 bits per heavy atom. The number of rotatable bonds is 3. The Balaban J connectivity index is 1.76. The van der Waals surface area contributed by atoms with Crippen LogP contribution in [0.15, 0.2) is 44.9 Å². The highest BCUT2D eigenvalue weighted by Gasteiger charge is 2.24. The Morgan fingerprint density at radius 2 is 2.22 bits per heavy atom. The molecule has 0 saturated heterocycles. The average Bonchev–Trinajstić information content (AvgIpc) is 2.51. The van der Waals surface area contributed by atoms with Crippen LogP contribution in [-0.4, -0.2) is 21.2 Å². The monoisotopic (exact) mass is 335 g/mol. The van der Waals surface area contributed by atoms with E-state index in [1.807, 2.05) is 0 Å². The summed E-state index contributed by atoms with van der Waals surface area (Å²) in [5.74, 6) is 0.0480. The van der Waals surface area contributed by atoms with E-state index < -0.39 is 11.2 Å². The topological polar surface area (TPSA) is 84.0 Å². The number of thioether (sulfide) groups is 1. The number of nitrogens with zero attached hydrogens (tertiary/aromatic N) is 1. The summed E-state index contributed by atoms with van der Waals surface area (Å²) in [6, 6.07) is 5.70. The zero-order valence-corrected chi connectivity index (χ0v) is 12.9. The van der Waals surface area contributed by atoms with Crippen LogP contribution in [0.25, 0.3) is 0 Å². The number of H-pyrrole nitrogens is 1. The summed E-state index contributed by atoms with van der Waals surface area (Å²) in [6.07, 6.45) is 1.96. The molecule has 0 fully saturated rings. The lowest BCUT2D eigenvalue weighted by Crippen LogP contribution is -2.37. The molecule has 0 aliphatic carbocycles. The van der Waals surface area contributed by atoms with Gasteiger partial charge in [0.05, 0.1) is 6.04 Å². The van der Waals surface area contributed by atoms with Crippen molar-refractivity contribution in [3.63, 3.8) is 0 Å². The fourth-order valence-corrected chi connectivity index (χ4v) is 3.64.